The number of carbonyl (C=O) groups is 1. The van der Waals surface area contributed by atoms with Gasteiger partial charge in [0.15, 0.2) is 0 Å². The first kappa shape index (κ1) is 18.0. The lowest BCUT2D eigenvalue weighted by Crippen LogP contribution is -2.27. The Morgan fingerprint density at radius 2 is 2.08 bits per heavy atom. The first-order valence-electron chi connectivity index (χ1n) is 7.77. The fraction of sp³-hybridized carbons (Fsp3) is 0.222. The molecule has 25 heavy (non-hydrogen) atoms. The van der Waals surface area contributed by atoms with Crippen molar-refractivity contribution in [1.29, 1.82) is 0 Å². The maximum absolute atomic E-state index is 12.3. The molecule has 3 rings (SSSR count). The Morgan fingerprint density at radius 1 is 1.28 bits per heavy atom. The topological polar surface area (TPSA) is 38.1 Å². The van der Waals surface area contributed by atoms with E-state index in [0.717, 1.165) is 21.3 Å². The molecule has 0 aliphatic carbocycles. The number of para-hydroxylation sites is 1. The number of rotatable bonds is 7. The molecule has 130 valence electrons. The van der Waals surface area contributed by atoms with Crippen molar-refractivity contribution in [3.05, 3.63) is 69.6 Å². The van der Waals surface area contributed by atoms with Crippen molar-refractivity contribution in [3.8, 4) is 5.69 Å². The van der Waals surface area contributed by atoms with Crippen LogP contribution < -0.4 is 0 Å². The number of thiophene rings is 1. The van der Waals surface area contributed by atoms with Crippen LogP contribution in [-0.2, 0) is 17.1 Å². The lowest BCUT2D eigenvalue weighted by molar-refractivity contribution is -0.127. The first-order chi connectivity index (χ1) is 12.1. The van der Waals surface area contributed by atoms with Crippen LogP contribution in [0.5, 0.6) is 0 Å². The van der Waals surface area contributed by atoms with Gasteiger partial charge in [-0.25, -0.2) is 4.68 Å². The number of halogens is 1. The summed E-state index contributed by atoms with van der Waals surface area (Å²) in [7, 11) is 1.82. The molecular formula is C18H18ClN3OS2. The average molecular weight is 392 g/mol. The highest BCUT2D eigenvalue weighted by Crippen LogP contribution is 2.25. The minimum Gasteiger partial charge on any atom is -0.341 e. The van der Waals surface area contributed by atoms with Crippen molar-refractivity contribution in [2.75, 3.05) is 12.8 Å². The Hall–Kier alpha value is -1.76. The molecular weight excluding hydrogens is 374 g/mol. The predicted molar refractivity (Wildman–Crippen MR) is 106 cm³/mol. The third-order valence-corrected chi connectivity index (χ3v) is 5.98. The van der Waals surface area contributed by atoms with E-state index in [9.17, 15) is 4.79 Å². The van der Waals surface area contributed by atoms with Gasteiger partial charge in [0.2, 0.25) is 5.91 Å². The number of hydrogen-bond donors (Lipinski definition) is 0. The Labute approximate surface area is 160 Å². The van der Waals surface area contributed by atoms with Gasteiger partial charge in [0, 0.05) is 36.0 Å². The molecule has 0 spiro atoms. The molecule has 2 heterocycles. The number of benzene rings is 1. The second-order valence-electron chi connectivity index (χ2n) is 5.58. The van der Waals surface area contributed by atoms with Crippen molar-refractivity contribution < 1.29 is 4.79 Å². The summed E-state index contributed by atoms with van der Waals surface area (Å²) in [4.78, 5) is 15.2. The van der Waals surface area contributed by atoms with Crippen LogP contribution in [0.15, 0.2) is 54.9 Å². The second-order valence-corrected chi connectivity index (χ2v) is 8.36. The lowest BCUT2D eigenvalue weighted by Gasteiger charge is -2.15. The van der Waals surface area contributed by atoms with E-state index < -0.39 is 0 Å². The Kier molecular flexibility index (Phi) is 6.18. The molecule has 7 heteroatoms. The van der Waals surface area contributed by atoms with E-state index in [0.29, 0.717) is 12.3 Å². The zero-order chi connectivity index (χ0) is 17.6. The number of aromatic nitrogens is 2. The van der Waals surface area contributed by atoms with Crippen molar-refractivity contribution in [1.82, 2.24) is 14.7 Å². The van der Waals surface area contributed by atoms with Crippen molar-refractivity contribution in [2.45, 2.75) is 12.3 Å². The largest absolute Gasteiger partial charge is 0.341 e. The normalized spacial score (nSPS) is 10.8. The molecule has 0 fully saturated rings. The standard InChI is InChI=1S/C18H18ClN3OS2/c1-21(18(23)13-24-12-16-7-8-17(19)25-16)10-14-9-20-22(11-14)15-5-3-2-4-6-15/h2-9,11H,10,12-13H2,1H3. The van der Waals surface area contributed by atoms with Crippen molar-refractivity contribution in [2.24, 2.45) is 0 Å². The quantitative estimate of drug-likeness (QED) is 0.596. The summed E-state index contributed by atoms with van der Waals surface area (Å²) >= 11 is 9.08. The van der Waals surface area contributed by atoms with Crippen LogP contribution in [0.3, 0.4) is 0 Å². The first-order valence-corrected chi connectivity index (χ1v) is 10.1. The average Bonchev–Trinajstić information content (AvgIpc) is 3.24. The molecule has 1 amide bonds. The molecule has 0 radical (unpaired) electrons. The molecule has 0 saturated carbocycles. The molecule has 4 nitrogen and oxygen atoms in total. The minimum absolute atomic E-state index is 0.111. The highest BCUT2D eigenvalue weighted by atomic mass is 35.5. The zero-order valence-electron chi connectivity index (χ0n) is 13.8. The van der Waals surface area contributed by atoms with Gasteiger partial charge in [-0.3, -0.25) is 4.79 Å². The van der Waals surface area contributed by atoms with E-state index in [1.807, 2.05) is 60.4 Å². The van der Waals surface area contributed by atoms with Crippen molar-refractivity contribution >= 4 is 40.6 Å². The van der Waals surface area contributed by atoms with Gasteiger partial charge in [-0.2, -0.15) is 5.10 Å². The second kappa shape index (κ2) is 8.56. The van der Waals surface area contributed by atoms with Crippen LogP contribution in [0.2, 0.25) is 4.34 Å². The fourth-order valence-corrected chi connectivity index (χ4v) is 4.47. The summed E-state index contributed by atoms with van der Waals surface area (Å²) in [5.41, 5.74) is 2.02. The summed E-state index contributed by atoms with van der Waals surface area (Å²) in [6.45, 7) is 0.553. The molecule has 0 N–H and O–H groups in total. The van der Waals surface area contributed by atoms with E-state index in [1.54, 1.807) is 34.2 Å². The van der Waals surface area contributed by atoms with Gasteiger partial charge in [0.1, 0.15) is 0 Å². The van der Waals surface area contributed by atoms with E-state index in [1.165, 1.54) is 4.88 Å². The van der Waals surface area contributed by atoms with Gasteiger partial charge in [0.25, 0.3) is 0 Å². The van der Waals surface area contributed by atoms with Gasteiger partial charge in [-0.1, -0.05) is 29.8 Å². The van der Waals surface area contributed by atoms with Crippen LogP contribution in [0, 0.1) is 0 Å². The molecule has 2 aromatic heterocycles. The summed E-state index contributed by atoms with van der Waals surface area (Å²) in [5.74, 6) is 1.38. The van der Waals surface area contributed by atoms with Crippen LogP contribution >= 0.6 is 34.7 Å². The molecule has 1 aromatic carbocycles. The predicted octanol–water partition coefficient (Wildman–Crippen LogP) is 4.48. The van der Waals surface area contributed by atoms with Gasteiger partial charge in [-0.15, -0.1) is 23.1 Å². The SMILES string of the molecule is CN(Cc1cnn(-c2ccccc2)c1)C(=O)CSCc1ccc(Cl)s1. The molecule has 0 atom stereocenters. The van der Waals surface area contributed by atoms with Gasteiger partial charge >= 0.3 is 0 Å². The highest BCUT2D eigenvalue weighted by Gasteiger charge is 2.11. The Bertz CT molecular complexity index is 832. The molecule has 0 unspecified atom stereocenters. The van der Waals surface area contributed by atoms with E-state index in [4.69, 9.17) is 11.6 Å². The number of nitrogens with zero attached hydrogens (tertiary/aromatic N) is 3. The summed E-state index contributed by atoms with van der Waals surface area (Å²) < 4.78 is 2.61. The Balaban J connectivity index is 1.49. The Morgan fingerprint density at radius 3 is 2.80 bits per heavy atom. The molecule has 0 bridgehead atoms. The van der Waals surface area contributed by atoms with Gasteiger partial charge in [-0.05, 0) is 24.3 Å². The maximum Gasteiger partial charge on any atom is 0.232 e. The van der Waals surface area contributed by atoms with E-state index in [-0.39, 0.29) is 5.91 Å². The third kappa shape index (κ3) is 5.11. The summed E-state index contributed by atoms with van der Waals surface area (Å²) in [6, 6.07) is 13.8. The molecule has 0 saturated heterocycles. The number of amides is 1. The van der Waals surface area contributed by atoms with Gasteiger partial charge in [0.05, 0.1) is 22.0 Å². The molecule has 0 aliphatic rings. The van der Waals surface area contributed by atoms with Gasteiger partial charge < -0.3 is 4.90 Å². The summed E-state index contributed by atoms with van der Waals surface area (Å²) in [6.07, 6.45) is 3.76. The van der Waals surface area contributed by atoms with Crippen LogP contribution in [0.1, 0.15) is 10.4 Å². The molecule has 0 aliphatic heterocycles. The minimum atomic E-state index is 0.111. The monoisotopic (exact) mass is 391 g/mol. The van der Waals surface area contributed by atoms with Crippen LogP contribution in [0.25, 0.3) is 5.69 Å². The summed E-state index contributed by atoms with van der Waals surface area (Å²) in [5, 5.41) is 4.37. The van der Waals surface area contributed by atoms with E-state index >= 15 is 0 Å². The van der Waals surface area contributed by atoms with Crippen molar-refractivity contribution in [3.63, 3.8) is 0 Å². The number of thioether (sulfide) groups is 1. The number of hydrogen-bond acceptors (Lipinski definition) is 4. The zero-order valence-corrected chi connectivity index (χ0v) is 16.2. The van der Waals surface area contributed by atoms with Crippen LogP contribution in [0.4, 0.5) is 0 Å². The maximum atomic E-state index is 12.3. The van der Waals surface area contributed by atoms with Crippen LogP contribution in [-0.4, -0.2) is 33.4 Å². The smallest absolute Gasteiger partial charge is 0.232 e. The number of carbonyl (C=O) groups excluding carboxylic acids is 1. The lowest BCUT2D eigenvalue weighted by atomic mass is 10.3. The van der Waals surface area contributed by atoms with E-state index in [2.05, 4.69) is 5.10 Å². The highest BCUT2D eigenvalue weighted by molar-refractivity contribution is 7.99. The molecule has 3 aromatic rings. The fourth-order valence-electron chi connectivity index (χ4n) is 2.30. The third-order valence-electron chi connectivity index (χ3n) is 3.60.